The van der Waals surface area contributed by atoms with Crippen LogP contribution in [0, 0.1) is 6.92 Å². The summed E-state index contributed by atoms with van der Waals surface area (Å²) in [6.45, 7) is 2.08. The third-order valence-corrected chi connectivity index (χ3v) is 5.24. The Morgan fingerprint density at radius 3 is 2.64 bits per heavy atom. The number of rotatable bonds is 5. The normalized spacial score (nSPS) is 20.1. The average Bonchev–Trinajstić information content (AvgIpc) is 3.24. The number of hydrogen-bond acceptors (Lipinski definition) is 6. The molecule has 0 aliphatic carbocycles. The molecule has 2 aromatic rings. The maximum absolute atomic E-state index is 12.2. The van der Waals surface area contributed by atoms with E-state index in [0.29, 0.717) is 6.42 Å². The van der Waals surface area contributed by atoms with E-state index in [1.54, 1.807) is 17.6 Å². The van der Waals surface area contributed by atoms with Crippen LogP contribution in [0.3, 0.4) is 0 Å². The van der Waals surface area contributed by atoms with Crippen molar-refractivity contribution in [2.75, 3.05) is 19.0 Å². The van der Waals surface area contributed by atoms with Gasteiger partial charge in [-0.05, 0) is 43.2 Å². The quantitative estimate of drug-likeness (QED) is 0.567. The first-order valence-corrected chi connectivity index (χ1v) is 9.02. The summed E-state index contributed by atoms with van der Waals surface area (Å²) in [5.41, 5.74) is 10.9. The Bertz CT molecular complexity index is 753. The monoisotopic (exact) mass is 357 g/mol. The van der Waals surface area contributed by atoms with Crippen LogP contribution in [0.5, 0.6) is 0 Å². The van der Waals surface area contributed by atoms with Crippen LogP contribution < -0.4 is 21.2 Å². The fourth-order valence-corrected chi connectivity index (χ4v) is 3.60. The fourth-order valence-electron chi connectivity index (χ4n) is 2.66. The van der Waals surface area contributed by atoms with E-state index < -0.39 is 0 Å². The van der Waals surface area contributed by atoms with E-state index >= 15 is 0 Å². The van der Waals surface area contributed by atoms with Crippen LogP contribution in [0.4, 0.5) is 5.69 Å². The van der Waals surface area contributed by atoms with Crippen molar-refractivity contribution in [2.45, 2.75) is 25.4 Å². The zero-order valence-electron chi connectivity index (χ0n) is 14.6. The molecule has 1 aromatic carbocycles. The molecule has 3 rings (SSSR count). The van der Waals surface area contributed by atoms with E-state index in [9.17, 15) is 4.79 Å². The van der Waals surface area contributed by atoms with Gasteiger partial charge in [0.15, 0.2) is 0 Å². The zero-order valence-corrected chi connectivity index (χ0v) is 15.4. The summed E-state index contributed by atoms with van der Waals surface area (Å²) in [7, 11) is 3.99. The van der Waals surface area contributed by atoms with Gasteiger partial charge in [-0.25, -0.2) is 16.3 Å². The lowest BCUT2D eigenvalue weighted by Gasteiger charge is -2.11. The van der Waals surface area contributed by atoms with E-state index in [-0.39, 0.29) is 18.0 Å². The van der Waals surface area contributed by atoms with Crippen molar-refractivity contribution in [1.29, 1.82) is 0 Å². The number of aryl methyl sites for hydroxylation is 1. The first-order valence-electron chi connectivity index (χ1n) is 8.20. The molecule has 0 saturated carbocycles. The highest BCUT2D eigenvalue weighted by Gasteiger charge is 2.30. The highest BCUT2D eigenvalue weighted by Crippen LogP contribution is 2.28. The SMILES string of the molecule is Cc1ccc(C2CC(C(=O)N/N=C/c3ccc(N(C)C)cc3)NN2)s1. The molecule has 1 saturated heterocycles. The molecule has 2 heterocycles. The number of hydrogen-bond donors (Lipinski definition) is 3. The Kier molecular flexibility index (Phi) is 5.47. The second kappa shape index (κ2) is 7.77. The number of thiophene rings is 1. The van der Waals surface area contributed by atoms with Gasteiger partial charge in [0.2, 0.25) is 0 Å². The molecule has 1 fully saturated rings. The Morgan fingerprint density at radius 2 is 2.00 bits per heavy atom. The van der Waals surface area contributed by atoms with Crippen LogP contribution in [0.15, 0.2) is 41.5 Å². The Labute approximate surface area is 151 Å². The average molecular weight is 357 g/mol. The summed E-state index contributed by atoms with van der Waals surface area (Å²) >= 11 is 1.75. The maximum Gasteiger partial charge on any atom is 0.258 e. The molecule has 1 aliphatic heterocycles. The molecule has 1 aliphatic rings. The molecule has 0 spiro atoms. The van der Waals surface area contributed by atoms with Crippen molar-refractivity contribution in [3.63, 3.8) is 0 Å². The lowest BCUT2D eigenvalue weighted by Crippen LogP contribution is -2.41. The number of nitrogens with zero attached hydrogens (tertiary/aromatic N) is 2. The highest BCUT2D eigenvalue weighted by atomic mass is 32.1. The summed E-state index contributed by atoms with van der Waals surface area (Å²) in [6, 6.07) is 12.0. The van der Waals surface area contributed by atoms with E-state index in [2.05, 4.69) is 40.4 Å². The number of hydrazine groups is 1. The van der Waals surface area contributed by atoms with E-state index in [4.69, 9.17) is 0 Å². The van der Waals surface area contributed by atoms with Gasteiger partial charge >= 0.3 is 0 Å². The van der Waals surface area contributed by atoms with E-state index in [1.165, 1.54) is 9.75 Å². The van der Waals surface area contributed by atoms with Crippen LogP contribution in [0.25, 0.3) is 0 Å². The first-order chi connectivity index (χ1) is 12.0. The third kappa shape index (κ3) is 4.45. The molecule has 1 aromatic heterocycles. The predicted octanol–water partition coefficient (Wildman–Crippen LogP) is 2.18. The molecule has 3 N–H and O–H groups in total. The number of carbonyl (C=O) groups excluding carboxylic acids is 1. The number of carbonyl (C=O) groups is 1. The number of amides is 1. The van der Waals surface area contributed by atoms with Gasteiger partial charge in [-0.2, -0.15) is 5.10 Å². The molecule has 0 radical (unpaired) electrons. The molecule has 25 heavy (non-hydrogen) atoms. The second-order valence-electron chi connectivity index (χ2n) is 6.30. The van der Waals surface area contributed by atoms with Crippen molar-refractivity contribution in [2.24, 2.45) is 5.10 Å². The fraction of sp³-hybridized carbons (Fsp3) is 0.333. The van der Waals surface area contributed by atoms with E-state index in [0.717, 1.165) is 11.3 Å². The molecule has 132 valence electrons. The number of anilines is 1. The minimum absolute atomic E-state index is 0.135. The smallest absolute Gasteiger partial charge is 0.258 e. The van der Waals surface area contributed by atoms with Gasteiger partial charge in [0, 0.05) is 29.5 Å². The minimum Gasteiger partial charge on any atom is -0.378 e. The van der Waals surface area contributed by atoms with Crippen LogP contribution in [-0.4, -0.2) is 32.3 Å². The topological polar surface area (TPSA) is 68.8 Å². The molecule has 2 atom stereocenters. The lowest BCUT2D eigenvalue weighted by molar-refractivity contribution is -0.122. The maximum atomic E-state index is 12.2. The Hall–Kier alpha value is -2.22. The standard InChI is InChI=1S/C18H23N5OS/c1-12-4-9-17(25-12)15-10-16(21-20-15)18(24)22-19-11-13-5-7-14(8-6-13)23(2)3/h4-9,11,15-16,20-21H,10H2,1-3H3,(H,22,24)/b19-11+. The van der Waals surface area contributed by atoms with Gasteiger partial charge in [-0.15, -0.1) is 11.3 Å². The lowest BCUT2D eigenvalue weighted by atomic mass is 10.1. The van der Waals surface area contributed by atoms with Crippen LogP contribution in [0.1, 0.15) is 27.8 Å². The summed E-state index contributed by atoms with van der Waals surface area (Å²) < 4.78 is 0. The van der Waals surface area contributed by atoms with Gasteiger partial charge in [0.1, 0.15) is 6.04 Å². The highest BCUT2D eigenvalue weighted by molar-refractivity contribution is 7.12. The summed E-state index contributed by atoms with van der Waals surface area (Å²) in [6.07, 6.45) is 2.36. The van der Waals surface area contributed by atoms with Crippen molar-refractivity contribution in [3.05, 3.63) is 51.7 Å². The Morgan fingerprint density at radius 1 is 1.24 bits per heavy atom. The number of benzene rings is 1. The van der Waals surface area contributed by atoms with E-state index in [1.807, 2.05) is 43.3 Å². The molecule has 1 amide bonds. The summed E-state index contributed by atoms with van der Waals surface area (Å²) in [4.78, 5) is 16.8. The van der Waals surface area contributed by atoms with Crippen LogP contribution in [0.2, 0.25) is 0 Å². The molecular weight excluding hydrogens is 334 g/mol. The van der Waals surface area contributed by atoms with Gasteiger partial charge < -0.3 is 4.90 Å². The third-order valence-electron chi connectivity index (χ3n) is 4.12. The predicted molar refractivity (Wildman–Crippen MR) is 103 cm³/mol. The van der Waals surface area contributed by atoms with Crippen LogP contribution >= 0.6 is 11.3 Å². The molecule has 6 nitrogen and oxygen atoms in total. The van der Waals surface area contributed by atoms with Gasteiger partial charge in [-0.1, -0.05) is 12.1 Å². The second-order valence-corrected chi connectivity index (χ2v) is 7.62. The number of hydrazone groups is 1. The van der Waals surface area contributed by atoms with Gasteiger partial charge in [0.25, 0.3) is 5.91 Å². The van der Waals surface area contributed by atoms with Crippen molar-refractivity contribution in [3.8, 4) is 0 Å². The molecule has 7 heteroatoms. The molecular formula is C18H23N5OS. The Balaban J connectivity index is 1.51. The van der Waals surface area contributed by atoms with Crippen molar-refractivity contribution < 1.29 is 4.79 Å². The van der Waals surface area contributed by atoms with Gasteiger partial charge in [-0.3, -0.25) is 4.79 Å². The largest absolute Gasteiger partial charge is 0.378 e. The molecule has 0 bridgehead atoms. The van der Waals surface area contributed by atoms with Crippen LogP contribution in [-0.2, 0) is 4.79 Å². The van der Waals surface area contributed by atoms with Crippen molar-refractivity contribution >= 4 is 29.1 Å². The summed E-state index contributed by atoms with van der Waals surface area (Å²) in [5.74, 6) is -0.135. The first kappa shape index (κ1) is 17.6. The van der Waals surface area contributed by atoms with Gasteiger partial charge in [0.05, 0.1) is 12.3 Å². The zero-order chi connectivity index (χ0) is 17.8. The minimum atomic E-state index is -0.291. The summed E-state index contributed by atoms with van der Waals surface area (Å²) in [5, 5.41) is 4.06. The number of nitrogens with one attached hydrogen (secondary N) is 3. The van der Waals surface area contributed by atoms with Crippen molar-refractivity contribution in [1.82, 2.24) is 16.3 Å². The molecule has 2 unspecified atom stereocenters.